The summed E-state index contributed by atoms with van der Waals surface area (Å²) >= 11 is 0. The third-order valence-electron chi connectivity index (χ3n) is 5.51. The molecule has 3 aliphatic heterocycles. The summed E-state index contributed by atoms with van der Waals surface area (Å²) in [7, 11) is 0. The van der Waals surface area contributed by atoms with E-state index in [1.54, 1.807) is 0 Å². The summed E-state index contributed by atoms with van der Waals surface area (Å²) in [4.78, 5) is 14.6. The predicted molar refractivity (Wildman–Crippen MR) is 75.7 cm³/mol. The van der Waals surface area contributed by atoms with Gasteiger partial charge < -0.3 is 10.6 Å². The summed E-state index contributed by atoms with van der Waals surface area (Å²) in [6.07, 6.45) is 9.95. The summed E-state index contributed by atoms with van der Waals surface area (Å²) in [6.45, 7) is 3.13. The minimum atomic E-state index is -0.439. The van der Waals surface area contributed by atoms with Gasteiger partial charge in [0.2, 0.25) is 5.91 Å². The van der Waals surface area contributed by atoms with Crippen LogP contribution >= 0.6 is 0 Å². The zero-order valence-corrected chi connectivity index (χ0v) is 11.9. The molecule has 4 aliphatic rings. The Morgan fingerprint density at radius 1 is 1.05 bits per heavy atom. The minimum Gasteiger partial charge on any atom is -0.368 e. The van der Waals surface area contributed by atoms with Crippen LogP contribution in [-0.4, -0.2) is 42.0 Å². The number of carbonyl (C=O) groups is 1. The van der Waals surface area contributed by atoms with E-state index in [0.717, 1.165) is 32.5 Å². The molecule has 0 aromatic carbocycles. The molecule has 4 nitrogen and oxygen atoms in total. The van der Waals surface area contributed by atoms with Crippen molar-refractivity contribution in [2.75, 3.05) is 19.6 Å². The Bertz CT molecular complexity index is 330. The van der Waals surface area contributed by atoms with E-state index in [2.05, 4.69) is 10.2 Å². The Morgan fingerprint density at radius 3 is 2.16 bits per heavy atom. The van der Waals surface area contributed by atoms with Gasteiger partial charge in [-0.3, -0.25) is 10.1 Å². The van der Waals surface area contributed by atoms with E-state index < -0.39 is 5.54 Å². The SMILES string of the molecule is NC(=O)C1(NC2CCCCCC2)CN2CCC1CC2. The Labute approximate surface area is 116 Å². The third-order valence-corrected chi connectivity index (χ3v) is 5.51. The summed E-state index contributed by atoms with van der Waals surface area (Å²) < 4.78 is 0. The first kappa shape index (κ1) is 13.4. The number of hydrogen-bond donors (Lipinski definition) is 2. The van der Waals surface area contributed by atoms with Gasteiger partial charge in [-0.15, -0.1) is 0 Å². The average molecular weight is 265 g/mol. The number of fused-ring (bicyclic) bond motifs is 3. The number of carbonyl (C=O) groups excluding carboxylic acids is 1. The van der Waals surface area contributed by atoms with Gasteiger partial charge in [-0.05, 0) is 44.7 Å². The summed E-state index contributed by atoms with van der Waals surface area (Å²) in [5.74, 6) is 0.337. The van der Waals surface area contributed by atoms with Crippen molar-refractivity contribution in [1.82, 2.24) is 10.2 Å². The number of nitrogens with one attached hydrogen (secondary N) is 1. The van der Waals surface area contributed by atoms with E-state index in [9.17, 15) is 4.79 Å². The molecular weight excluding hydrogens is 238 g/mol. The van der Waals surface area contributed by atoms with Crippen LogP contribution in [-0.2, 0) is 4.79 Å². The van der Waals surface area contributed by atoms with Crippen molar-refractivity contribution in [2.24, 2.45) is 11.7 Å². The van der Waals surface area contributed by atoms with E-state index >= 15 is 0 Å². The highest BCUT2D eigenvalue weighted by Gasteiger charge is 2.51. The molecule has 4 fully saturated rings. The molecule has 3 saturated heterocycles. The highest BCUT2D eigenvalue weighted by atomic mass is 16.1. The number of hydrogen-bond acceptors (Lipinski definition) is 3. The fraction of sp³-hybridized carbons (Fsp3) is 0.933. The standard InChI is InChI=1S/C15H27N3O/c16-14(19)15(11-18-9-7-12(15)8-10-18)17-13-5-3-1-2-4-6-13/h12-13,17H,1-11H2,(H2,16,19). The van der Waals surface area contributed by atoms with Crippen LogP contribution in [0.3, 0.4) is 0 Å². The van der Waals surface area contributed by atoms with Crippen LogP contribution in [0.15, 0.2) is 0 Å². The molecule has 0 radical (unpaired) electrons. The van der Waals surface area contributed by atoms with Crippen LogP contribution in [0.2, 0.25) is 0 Å². The second-order valence-corrected chi connectivity index (χ2v) is 6.72. The van der Waals surface area contributed by atoms with E-state index in [0.29, 0.717) is 12.0 Å². The van der Waals surface area contributed by atoms with Crippen molar-refractivity contribution in [3.8, 4) is 0 Å². The second kappa shape index (κ2) is 5.41. The van der Waals surface area contributed by atoms with Crippen molar-refractivity contribution in [3.05, 3.63) is 0 Å². The van der Waals surface area contributed by atoms with Crippen LogP contribution in [0.4, 0.5) is 0 Å². The molecule has 108 valence electrons. The molecule has 1 saturated carbocycles. The van der Waals surface area contributed by atoms with E-state index in [-0.39, 0.29) is 5.91 Å². The lowest BCUT2D eigenvalue weighted by atomic mass is 9.71. The molecule has 0 aromatic rings. The first-order chi connectivity index (χ1) is 9.21. The topological polar surface area (TPSA) is 58.4 Å². The van der Waals surface area contributed by atoms with Crippen molar-refractivity contribution >= 4 is 5.91 Å². The third kappa shape index (κ3) is 2.52. The molecule has 0 aromatic heterocycles. The maximum atomic E-state index is 12.2. The van der Waals surface area contributed by atoms with Crippen molar-refractivity contribution < 1.29 is 4.79 Å². The summed E-state index contributed by atoms with van der Waals surface area (Å²) in [5, 5.41) is 3.73. The Kier molecular flexibility index (Phi) is 3.81. The zero-order chi connectivity index (χ0) is 13.3. The van der Waals surface area contributed by atoms with E-state index in [4.69, 9.17) is 5.73 Å². The van der Waals surface area contributed by atoms with Gasteiger partial charge in [0.05, 0.1) is 0 Å². The first-order valence-electron chi connectivity index (χ1n) is 8.01. The largest absolute Gasteiger partial charge is 0.368 e. The molecule has 2 bridgehead atoms. The molecule has 1 atom stereocenters. The minimum absolute atomic E-state index is 0.119. The number of nitrogens with zero attached hydrogens (tertiary/aromatic N) is 1. The molecule has 1 amide bonds. The molecule has 4 heteroatoms. The van der Waals surface area contributed by atoms with Crippen molar-refractivity contribution in [3.63, 3.8) is 0 Å². The molecule has 1 unspecified atom stereocenters. The number of amides is 1. The van der Waals surface area contributed by atoms with Crippen LogP contribution < -0.4 is 11.1 Å². The Morgan fingerprint density at radius 2 is 1.68 bits per heavy atom. The van der Waals surface area contributed by atoms with Gasteiger partial charge in [-0.2, -0.15) is 0 Å². The van der Waals surface area contributed by atoms with Crippen molar-refractivity contribution in [2.45, 2.75) is 62.9 Å². The maximum Gasteiger partial charge on any atom is 0.239 e. The summed E-state index contributed by atoms with van der Waals surface area (Å²) in [5.41, 5.74) is 5.38. The zero-order valence-electron chi connectivity index (χ0n) is 11.9. The number of rotatable bonds is 3. The second-order valence-electron chi connectivity index (χ2n) is 6.72. The predicted octanol–water partition coefficient (Wildman–Crippen LogP) is 1.25. The molecule has 4 rings (SSSR count). The molecule has 19 heavy (non-hydrogen) atoms. The molecule has 0 spiro atoms. The first-order valence-corrected chi connectivity index (χ1v) is 8.01. The normalized spacial score (nSPS) is 40.0. The van der Waals surface area contributed by atoms with Crippen LogP contribution in [0, 0.1) is 5.92 Å². The lowest BCUT2D eigenvalue weighted by Crippen LogP contribution is -2.72. The van der Waals surface area contributed by atoms with Gasteiger partial charge in [-0.1, -0.05) is 25.7 Å². The monoisotopic (exact) mass is 265 g/mol. The lowest BCUT2D eigenvalue weighted by Gasteiger charge is -2.53. The van der Waals surface area contributed by atoms with Crippen LogP contribution in [0.25, 0.3) is 0 Å². The van der Waals surface area contributed by atoms with Gasteiger partial charge in [-0.25, -0.2) is 0 Å². The maximum absolute atomic E-state index is 12.2. The average Bonchev–Trinajstić information content (AvgIpc) is 2.68. The van der Waals surface area contributed by atoms with Crippen molar-refractivity contribution in [1.29, 1.82) is 0 Å². The fourth-order valence-electron chi connectivity index (χ4n) is 4.37. The van der Waals surface area contributed by atoms with Gasteiger partial charge in [0, 0.05) is 12.6 Å². The fourth-order valence-corrected chi connectivity index (χ4v) is 4.37. The highest BCUT2D eigenvalue weighted by molar-refractivity contribution is 5.86. The lowest BCUT2D eigenvalue weighted by molar-refractivity contribution is -0.133. The number of nitrogens with two attached hydrogens (primary N) is 1. The van der Waals surface area contributed by atoms with Gasteiger partial charge in [0.1, 0.15) is 5.54 Å². The van der Waals surface area contributed by atoms with Gasteiger partial charge >= 0.3 is 0 Å². The summed E-state index contributed by atoms with van der Waals surface area (Å²) in [6, 6.07) is 0.496. The van der Waals surface area contributed by atoms with E-state index in [1.807, 2.05) is 0 Å². The number of piperidine rings is 3. The van der Waals surface area contributed by atoms with Gasteiger partial charge in [0.25, 0.3) is 0 Å². The van der Waals surface area contributed by atoms with Crippen LogP contribution in [0.5, 0.6) is 0 Å². The van der Waals surface area contributed by atoms with E-state index in [1.165, 1.54) is 38.5 Å². The quantitative estimate of drug-likeness (QED) is 0.755. The Balaban J connectivity index is 1.75. The molecule has 3 heterocycles. The smallest absolute Gasteiger partial charge is 0.239 e. The van der Waals surface area contributed by atoms with Crippen LogP contribution in [0.1, 0.15) is 51.4 Å². The molecule has 3 N–H and O–H groups in total. The molecule has 1 aliphatic carbocycles. The highest BCUT2D eigenvalue weighted by Crippen LogP contribution is 2.36. The number of primary amides is 1. The van der Waals surface area contributed by atoms with Gasteiger partial charge in [0.15, 0.2) is 0 Å². The Hall–Kier alpha value is -0.610. The molecular formula is C15H27N3O.